The second-order valence-corrected chi connectivity index (χ2v) is 9.37. The van der Waals surface area contributed by atoms with E-state index in [4.69, 9.17) is 4.65 Å². The number of amides is 4. The van der Waals surface area contributed by atoms with Crippen LogP contribution in [0.15, 0.2) is 30.3 Å². The first-order chi connectivity index (χ1) is 18.9. The van der Waals surface area contributed by atoms with Crippen molar-refractivity contribution in [1.29, 1.82) is 0 Å². The average Bonchev–Trinajstić information content (AvgIpc) is 2.91. The number of nitrogens with zero attached hydrogens (tertiary/aromatic N) is 2. The number of phenols is 3. The van der Waals surface area contributed by atoms with Crippen molar-refractivity contribution in [2.45, 2.75) is 31.6 Å². The van der Waals surface area contributed by atoms with Gasteiger partial charge in [0.15, 0.2) is 23.0 Å². The van der Waals surface area contributed by atoms with Gasteiger partial charge in [0.05, 0.1) is 5.56 Å². The number of likely N-dealkylation sites (N-methyl/N-ethyl adjacent to an activating group) is 1. The van der Waals surface area contributed by atoms with Crippen LogP contribution < -0.4 is 9.97 Å². The van der Waals surface area contributed by atoms with Gasteiger partial charge in [-0.1, -0.05) is 12.1 Å². The second-order valence-electron chi connectivity index (χ2n) is 9.37. The van der Waals surface area contributed by atoms with Crippen LogP contribution in [-0.2, 0) is 20.8 Å². The van der Waals surface area contributed by atoms with Crippen LogP contribution in [0, 0.1) is 0 Å². The molecule has 1 unspecified atom stereocenters. The molecule has 2 aromatic rings. The standard InChI is InChI=1S/C25H26BN3O11/c1-2-28-6-7-29(23(35)22(28)34)25(38)27-19(13-9-17(31)20(33)18(32)10-13)16(30)11-14-8-12-4-3-5-15(24(36)37)21(12)40-26(14)39/h3-5,9-10,14,19,31-33,39H,2,6-8,11H2,1H3,(H,27,38)(H,36,37)/t14-,19?/m1/s1. The van der Waals surface area contributed by atoms with Crippen molar-refractivity contribution in [3.05, 3.63) is 47.0 Å². The molecule has 14 nitrogen and oxygen atoms in total. The number of carboxylic acids is 1. The van der Waals surface area contributed by atoms with E-state index in [1.165, 1.54) is 17.0 Å². The van der Waals surface area contributed by atoms with E-state index in [1.807, 2.05) is 0 Å². The van der Waals surface area contributed by atoms with Crippen LogP contribution >= 0.6 is 0 Å². The molecule has 0 saturated carbocycles. The normalized spacial score (nSPS) is 17.6. The van der Waals surface area contributed by atoms with Crippen LogP contribution in [0.4, 0.5) is 4.79 Å². The molecule has 2 aliphatic rings. The van der Waals surface area contributed by atoms with E-state index in [0.29, 0.717) is 10.5 Å². The number of piperazine rings is 1. The third-order valence-corrected chi connectivity index (χ3v) is 6.87. The number of hydrogen-bond donors (Lipinski definition) is 6. The van der Waals surface area contributed by atoms with Gasteiger partial charge in [0.25, 0.3) is 0 Å². The Morgan fingerprint density at radius 2 is 1.77 bits per heavy atom. The first kappa shape index (κ1) is 28.2. The summed E-state index contributed by atoms with van der Waals surface area (Å²) in [5, 5.41) is 52.1. The zero-order valence-corrected chi connectivity index (χ0v) is 21.2. The molecule has 210 valence electrons. The summed E-state index contributed by atoms with van der Waals surface area (Å²) in [5.41, 5.74) is 0.113. The number of phenolic OH excluding ortho intramolecular Hbond substituents is 3. The number of carboxylic acid groups (broad SMARTS) is 1. The highest BCUT2D eigenvalue weighted by Gasteiger charge is 2.41. The third kappa shape index (κ3) is 5.36. The number of benzene rings is 2. The average molecular weight is 555 g/mol. The van der Waals surface area contributed by atoms with Crippen LogP contribution in [-0.4, -0.2) is 91.6 Å². The molecule has 0 radical (unpaired) electrons. The van der Waals surface area contributed by atoms with Crippen molar-refractivity contribution >= 4 is 36.7 Å². The number of hydrogen-bond acceptors (Lipinski definition) is 10. The summed E-state index contributed by atoms with van der Waals surface area (Å²) in [5.74, 6) is -7.36. The number of rotatable bonds is 7. The molecule has 2 aromatic carbocycles. The Balaban J connectivity index is 1.60. The number of carbonyl (C=O) groups excluding carboxylic acids is 4. The van der Waals surface area contributed by atoms with Crippen molar-refractivity contribution < 1.29 is 54.1 Å². The molecule has 4 amide bonds. The number of imide groups is 1. The SMILES string of the molecule is CCN1CCN(C(=O)NC(C(=O)C[C@H]2Cc3cccc(C(=O)O)c3OB2O)c2cc(O)c(O)c(O)c2)C(=O)C1=O. The van der Waals surface area contributed by atoms with Gasteiger partial charge in [-0.3, -0.25) is 19.3 Å². The number of aromatic hydroxyl groups is 3. The van der Waals surface area contributed by atoms with Gasteiger partial charge in [0.2, 0.25) is 0 Å². The molecule has 0 bridgehead atoms. The number of aromatic carboxylic acids is 1. The summed E-state index contributed by atoms with van der Waals surface area (Å²) in [4.78, 5) is 64.8. The summed E-state index contributed by atoms with van der Waals surface area (Å²) in [6.45, 7) is 1.87. The van der Waals surface area contributed by atoms with Gasteiger partial charge < -0.3 is 40.3 Å². The summed E-state index contributed by atoms with van der Waals surface area (Å²) in [6, 6.07) is 3.56. The van der Waals surface area contributed by atoms with Crippen LogP contribution in [0.5, 0.6) is 23.0 Å². The molecule has 0 aliphatic carbocycles. The van der Waals surface area contributed by atoms with Crippen LogP contribution in [0.3, 0.4) is 0 Å². The highest BCUT2D eigenvalue weighted by Crippen LogP contribution is 2.40. The number of fused-ring (bicyclic) bond motifs is 1. The van der Waals surface area contributed by atoms with Crippen molar-refractivity contribution in [2.24, 2.45) is 0 Å². The quantitative estimate of drug-likeness (QED) is 0.156. The minimum Gasteiger partial charge on any atom is -0.535 e. The number of ketones is 1. The molecular formula is C25H26BN3O11. The fourth-order valence-electron chi connectivity index (χ4n) is 4.72. The third-order valence-electron chi connectivity index (χ3n) is 6.87. The van der Waals surface area contributed by atoms with E-state index < -0.39 is 72.2 Å². The van der Waals surface area contributed by atoms with Gasteiger partial charge in [-0.15, -0.1) is 0 Å². The van der Waals surface area contributed by atoms with Gasteiger partial charge >= 0.3 is 30.9 Å². The molecular weight excluding hydrogens is 529 g/mol. The summed E-state index contributed by atoms with van der Waals surface area (Å²) >= 11 is 0. The Bertz CT molecular complexity index is 1380. The van der Waals surface area contributed by atoms with Gasteiger partial charge in [-0.05, 0) is 42.7 Å². The maximum absolute atomic E-state index is 13.5. The Hall–Kier alpha value is -4.79. The van der Waals surface area contributed by atoms with Crippen molar-refractivity contribution in [2.75, 3.05) is 19.6 Å². The van der Waals surface area contributed by atoms with Gasteiger partial charge in [0, 0.05) is 31.9 Å². The monoisotopic (exact) mass is 555 g/mol. The molecule has 1 saturated heterocycles. The molecule has 15 heteroatoms. The summed E-state index contributed by atoms with van der Waals surface area (Å²) < 4.78 is 5.43. The Morgan fingerprint density at radius 3 is 2.40 bits per heavy atom. The second kappa shape index (κ2) is 11.1. The Morgan fingerprint density at radius 1 is 1.10 bits per heavy atom. The van der Waals surface area contributed by atoms with E-state index in [-0.39, 0.29) is 42.9 Å². The molecule has 2 heterocycles. The van der Waals surface area contributed by atoms with E-state index in [1.54, 1.807) is 13.0 Å². The summed E-state index contributed by atoms with van der Waals surface area (Å²) in [6.07, 6.45) is -0.385. The van der Waals surface area contributed by atoms with Crippen LogP contribution in [0.25, 0.3) is 0 Å². The first-order valence-electron chi connectivity index (χ1n) is 12.3. The molecule has 1 fully saturated rings. The van der Waals surface area contributed by atoms with Gasteiger partial charge in [-0.2, -0.15) is 0 Å². The number of nitrogens with one attached hydrogen (secondary N) is 1. The van der Waals surface area contributed by atoms with Crippen molar-refractivity contribution in [3.63, 3.8) is 0 Å². The van der Waals surface area contributed by atoms with Crippen LogP contribution in [0.1, 0.15) is 40.9 Å². The van der Waals surface area contributed by atoms with Crippen molar-refractivity contribution in [1.82, 2.24) is 15.1 Å². The molecule has 2 atom stereocenters. The highest BCUT2D eigenvalue weighted by atomic mass is 16.5. The predicted octanol–water partition coefficient (Wildman–Crippen LogP) is 0.388. The molecule has 40 heavy (non-hydrogen) atoms. The lowest BCUT2D eigenvalue weighted by Gasteiger charge is -2.33. The van der Waals surface area contributed by atoms with E-state index in [2.05, 4.69) is 5.32 Å². The van der Waals surface area contributed by atoms with Crippen LogP contribution in [0.2, 0.25) is 5.82 Å². The Kier molecular flexibility index (Phi) is 7.86. The molecule has 2 aliphatic heterocycles. The van der Waals surface area contributed by atoms with E-state index >= 15 is 0 Å². The highest BCUT2D eigenvalue weighted by molar-refractivity contribution is 6.47. The maximum Gasteiger partial charge on any atom is 0.526 e. The lowest BCUT2D eigenvalue weighted by molar-refractivity contribution is -0.153. The van der Waals surface area contributed by atoms with Gasteiger partial charge in [0.1, 0.15) is 11.8 Å². The number of Topliss-reactive ketones (excluding diaryl/α,β-unsaturated/α-hetero) is 1. The largest absolute Gasteiger partial charge is 0.535 e. The molecule has 0 spiro atoms. The predicted molar refractivity (Wildman–Crippen MR) is 136 cm³/mol. The number of para-hydroxylation sites is 1. The fourth-order valence-corrected chi connectivity index (χ4v) is 4.72. The number of urea groups is 1. The lowest BCUT2D eigenvalue weighted by Crippen LogP contribution is -2.58. The minimum absolute atomic E-state index is 0.0289. The first-order valence-corrected chi connectivity index (χ1v) is 12.3. The minimum atomic E-state index is -1.60. The van der Waals surface area contributed by atoms with E-state index in [0.717, 1.165) is 12.1 Å². The molecule has 0 aromatic heterocycles. The number of carbonyl (C=O) groups is 5. The fraction of sp³-hybridized carbons (Fsp3) is 0.320. The van der Waals surface area contributed by atoms with Crippen molar-refractivity contribution in [3.8, 4) is 23.0 Å². The summed E-state index contributed by atoms with van der Waals surface area (Å²) in [7, 11) is -1.59. The zero-order valence-electron chi connectivity index (χ0n) is 21.2. The Labute approximate surface area is 227 Å². The van der Waals surface area contributed by atoms with E-state index in [9.17, 15) is 49.4 Å². The molecule has 4 rings (SSSR count). The van der Waals surface area contributed by atoms with Gasteiger partial charge in [-0.25, -0.2) is 9.59 Å². The molecule has 6 N–H and O–H groups in total. The smallest absolute Gasteiger partial charge is 0.526 e. The topological polar surface area (TPSA) is 214 Å². The lowest BCUT2D eigenvalue weighted by atomic mass is 9.64. The zero-order chi connectivity index (χ0) is 29.3. The maximum atomic E-state index is 13.5.